The third-order valence-corrected chi connectivity index (χ3v) is 3.42. The Hall–Kier alpha value is -1.70. The van der Waals surface area contributed by atoms with Gasteiger partial charge in [0.25, 0.3) is 5.91 Å². The molecule has 1 heterocycles. The first-order chi connectivity index (χ1) is 9.01. The molecule has 106 valence electrons. The molecule has 1 rings (SSSR count). The fourth-order valence-electron chi connectivity index (χ4n) is 1.57. The van der Waals surface area contributed by atoms with Gasteiger partial charge in [-0.2, -0.15) is 0 Å². The Balaban J connectivity index is 2.81. The number of rotatable bonds is 6. The maximum atomic E-state index is 12.4. The van der Waals surface area contributed by atoms with Gasteiger partial charge in [0, 0.05) is 19.5 Å². The minimum Gasteiger partial charge on any atom is -0.409 e. The number of nitrogens with two attached hydrogens (primary N) is 1. The van der Waals surface area contributed by atoms with Gasteiger partial charge in [0.2, 0.25) is 0 Å². The monoisotopic (exact) mass is 285 g/mol. The van der Waals surface area contributed by atoms with Crippen molar-refractivity contribution >= 4 is 23.3 Å². The van der Waals surface area contributed by atoms with Gasteiger partial charge in [-0.25, -0.2) is 0 Å². The van der Waals surface area contributed by atoms with Crippen LogP contribution in [0.3, 0.4) is 0 Å². The number of hydrogen-bond acceptors (Lipinski definition) is 6. The van der Waals surface area contributed by atoms with Crippen molar-refractivity contribution in [2.75, 3.05) is 13.1 Å². The summed E-state index contributed by atoms with van der Waals surface area (Å²) in [6.07, 6.45) is 0.333. The van der Waals surface area contributed by atoms with Gasteiger partial charge in [-0.05, 0) is 24.4 Å². The molecule has 7 nitrogen and oxygen atoms in total. The Bertz CT molecular complexity index is 458. The van der Waals surface area contributed by atoms with Crippen LogP contribution in [0.1, 0.15) is 48.5 Å². The number of amidine groups is 1. The van der Waals surface area contributed by atoms with Crippen LogP contribution in [-0.4, -0.2) is 44.5 Å². The van der Waals surface area contributed by atoms with E-state index in [1.807, 2.05) is 20.8 Å². The molecule has 0 bridgehead atoms. The number of amides is 1. The van der Waals surface area contributed by atoms with Crippen molar-refractivity contribution < 1.29 is 10.0 Å². The second-order valence-electron chi connectivity index (χ2n) is 4.37. The van der Waals surface area contributed by atoms with Gasteiger partial charge in [-0.15, -0.1) is 5.10 Å². The summed E-state index contributed by atoms with van der Waals surface area (Å²) in [7, 11) is 0. The lowest BCUT2D eigenvalue weighted by Crippen LogP contribution is -2.34. The van der Waals surface area contributed by atoms with E-state index in [-0.39, 0.29) is 17.7 Å². The van der Waals surface area contributed by atoms with Crippen molar-refractivity contribution in [3.63, 3.8) is 0 Å². The summed E-state index contributed by atoms with van der Waals surface area (Å²) in [6.45, 7) is 6.78. The van der Waals surface area contributed by atoms with Gasteiger partial charge in [0.1, 0.15) is 10.7 Å². The standard InChI is InChI=1S/C11H19N5O2S/c1-4-16(6-5-8(12)14-18)11(17)10-9(7(2)3)13-15-19-10/h7,18H,4-6H2,1-3H3,(H2,12,14). The van der Waals surface area contributed by atoms with Crippen LogP contribution in [0.4, 0.5) is 0 Å². The van der Waals surface area contributed by atoms with Gasteiger partial charge in [0.15, 0.2) is 0 Å². The maximum absolute atomic E-state index is 12.4. The molecule has 0 aliphatic carbocycles. The number of carbonyl (C=O) groups excluding carboxylic acids is 1. The molecule has 0 aliphatic rings. The zero-order valence-electron chi connectivity index (χ0n) is 11.3. The quantitative estimate of drug-likeness (QED) is 0.354. The van der Waals surface area contributed by atoms with E-state index in [1.165, 1.54) is 0 Å². The summed E-state index contributed by atoms with van der Waals surface area (Å²) in [6, 6.07) is 0. The smallest absolute Gasteiger partial charge is 0.267 e. The second-order valence-corrected chi connectivity index (χ2v) is 5.12. The van der Waals surface area contributed by atoms with Crippen LogP contribution in [0.2, 0.25) is 0 Å². The van der Waals surface area contributed by atoms with E-state index in [2.05, 4.69) is 14.7 Å². The minimum absolute atomic E-state index is 0.105. The zero-order chi connectivity index (χ0) is 14.4. The summed E-state index contributed by atoms with van der Waals surface area (Å²) in [4.78, 5) is 14.6. The number of oxime groups is 1. The largest absolute Gasteiger partial charge is 0.409 e. The Morgan fingerprint density at radius 1 is 1.58 bits per heavy atom. The summed E-state index contributed by atoms with van der Waals surface area (Å²) in [5.41, 5.74) is 6.13. The topological polar surface area (TPSA) is 105 Å². The fourth-order valence-corrected chi connectivity index (χ4v) is 2.36. The first-order valence-corrected chi connectivity index (χ1v) is 6.86. The highest BCUT2D eigenvalue weighted by atomic mass is 32.1. The van der Waals surface area contributed by atoms with Crippen molar-refractivity contribution in [3.05, 3.63) is 10.6 Å². The fraction of sp³-hybridized carbons (Fsp3) is 0.636. The van der Waals surface area contributed by atoms with E-state index in [0.29, 0.717) is 24.4 Å². The highest BCUT2D eigenvalue weighted by molar-refractivity contribution is 7.08. The summed E-state index contributed by atoms with van der Waals surface area (Å²) >= 11 is 1.11. The molecule has 1 aromatic rings. The van der Waals surface area contributed by atoms with E-state index in [9.17, 15) is 4.79 Å². The lowest BCUT2D eigenvalue weighted by Gasteiger charge is -2.20. The van der Waals surface area contributed by atoms with Crippen LogP contribution in [0.25, 0.3) is 0 Å². The molecular formula is C11H19N5O2S. The molecule has 0 fully saturated rings. The van der Waals surface area contributed by atoms with E-state index in [0.717, 1.165) is 17.2 Å². The Labute approximate surface area is 116 Å². The molecule has 0 aliphatic heterocycles. The summed E-state index contributed by atoms with van der Waals surface area (Å²) in [5, 5.41) is 15.4. The molecule has 0 saturated heterocycles. The van der Waals surface area contributed by atoms with Gasteiger partial charge in [0.05, 0.1) is 5.69 Å². The SMILES string of the molecule is CCN(CCC(N)=NO)C(=O)c1snnc1C(C)C. The number of aromatic nitrogens is 2. The average molecular weight is 285 g/mol. The molecule has 0 unspecified atom stereocenters. The number of hydrogen-bond donors (Lipinski definition) is 2. The first kappa shape index (κ1) is 15.4. The predicted octanol–water partition coefficient (Wildman–Crippen LogP) is 1.26. The maximum Gasteiger partial charge on any atom is 0.267 e. The number of carbonyl (C=O) groups is 1. The van der Waals surface area contributed by atoms with Crippen molar-refractivity contribution in [2.24, 2.45) is 10.9 Å². The van der Waals surface area contributed by atoms with Crippen molar-refractivity contribution in [1.82, 2.24) is 14.5 Å². The van der Waals surface area contributed by atoms with E-state index >= 15 is 0 Å². The first-order valence-electron chi connectivity index (χ1n) is 6.09. The van der Waals surface area contributed by atoms with Gasteiger partial charge in [-0.1, -0.05) is 23.5 Å². The van der Waals surface area contributed by atoms with Crippen molar-refractivity contribution in [2.45, 2.75) is 33.1 Å². The van der Waals surface area contributed by atoms with E-state index in [4.69, 9.17) is 10.9 Å². The van der Waals surface area contributed by atoms with Gasteiger partial charge in [-0.3, -0.25) is 4.79 Å². The van der Waals surface area contributed by atoms with Gasteiger partial charge < -0.3 is 15.8 Å². The van der Waals surface area contributed by atoms with Gasteiger partial charge >= 0.3 is 0 Å². The molecule has 0 atom stereocenters. The van der Waals surface area contributed by atoms with Crippen LogP contribution >= 0.6 is 11.5 Å². The Morgan fingerprint density at radius 3 is 2.79 bits per heavy atom. The van der Waals surface area contributed by atoms with Crippen LogP contribution in [0, 0.1) is 0 Å². The minimum atomic E-state index is -0.105. The average Bonchev–Trinajstić information content (AvgIpc) is 2.88. The highest BCUT2D eigenvalue weighted by Gasteiger charge is 2.22. The molecule has 0 spiro atoms. The third kappa shape index (κ3) is 3.88. The highest BCUT2D eigenvalue weighted by Crippen LogP contribution is 2.21. The lowest BCUT2D eigenvalue weighted by atomic mass is 10.1. The van der Waals surface area contributed by atoms with Crippen LogP contribution in [0.15, 0.2) is 5.16 Å². The molecule has 0 saturated carbocycles. The van der Waals surface area contributed by atoms with Crippen LogP contribution < -0.4 is 5.73 Å². The molecule has 1 amide bonds. The molecule has 3 N–H and O–H groups in total. The Morgan fingerprint density at radius 2 is 2.26 bits per heavy atom. The van der Waals surface area contributed by atoms with Crippen molar-refractivity contribution in [3.8, 4) is 0 Å². The van der Waals surface area contributed by atoms with Crippen LogP contribution in [-0.2, 0) is 0 Å². The van der Waals surface area contributed by atoms with Crippen molar-refractivity contribution in [1.29, 1.82) is 0 Å². The normalized spacial score (nSPS) is 11.9. The molecule has 0 radical (unpaired) electrons. The zero-order valence-corrected chi connectivity index (χ0v) is 12.1. The van der Waals surface area contributed by atoms with E-state index in [1.54, 1.807) is 4.90 Å². The Kier molecular flexibility index (Phi) is 5.68. The number of nitrogens with zero attached hydrogens (tertiary/aromatic N) is 4. The molecule has 1 aromatic heterocycles. The lowest BCUT2D eigenvalue weighted by molar-refractivity contribution is 0.0771. The third-order valence-electron chi connectivity index (χ3n) is 2.69. The predicted molar refractivity (Wildman–Crippen MR) is 73.6 cm³/mol. The molecular weight excluding hydrogens is 266 g/mol. The van der Waals surface area contributed by atoms with E-state index < -0.39 is 0 Å². The summed E-state index contributed by atoms with van der Waals surface area (Å²) < 4.78 is 3.85. The van der Waals surface area contributed by atoms with Crippen LogP contribution in [0.5, 0.6) is 0 Å². The second kappa shape index (κ2) is 7.03. The molecule has 19 heavy (non-hydrogen) atoms. The molecule has 8 heteroatoms. The summed E-state index contributed by atoms with van der Waals surface area (Å²) in [5.74, 6) is 0.158. The molecule has 0 aromatic carbocycles.